The summed E-state index contributed by atoms with van der Waals surface area (Å²) in [5.74, 6) is 0.613. The Morgan fingerprint density at radius 3 is 2.74 bits per heavy atom. The molecule has 2 aliphatic heterocycles. The van der Waals surface area contributed by atoms with Crippen molar-refractivity contribution >= 4 is 11.8 Å². The Kier molecular flexibility index (Phi) is 4.63. The number of amides is 2. The molecule has 0 N–H and O–H groups in total. The molecule has 0 spiro atoms. The van der Waals surface area contributed by atoms with Crippen LogP contribution < -0.4 is 0 Å². The van der Waals surface area contributed by atoms with Crippen LogP contribution in [0.5, 0.6) is 0 Å². The van der Waals surface area contributed by atoms with Gasteiger partial charge in [0.2, 0.25) is 11.8 Å². The first-order chi connectivity index (χ1) is 11.1. The Labute approximate surface area is 136 Å². The lowest BCUT2D eigenvalue weighted by Gasteiger charge is -2.42. The van der Waals surface area contributed by atoms with Crippen LogP contribution in [0.1, 0.15) is 44.0 Å². The molecule has 0 radical (unpaired) electrons. The number of likely N-dealkylation sites (tertiary alicyclic amines) is 2. The highest BCUT2D eigenvalue weighted by atomic mass is 16.6. The summed E-state index contributed by atoms with van der Waals surface area (Å²) in [5, 5.41) is 7.52. The summed E-state index contributed by atoms with van der Waals surface area (Å²) in [6.07, 6.45) is 4.38. The number of fused-ring (bicyclic) bond motifs is 1. The van der Waals surface area contributed by atoms with Gasteiger partial charge in [-0.15, -0.1) is 0 Å². The van der Waals surface area contributed by atoms with Gasteiger partial charge in [0, 0.05) is 32.6 Å². The predicted molar refractivity (Wildman–Crippen MR) is 82.5 cm³/mol. The van der Waals surface area contributed by atoms with Crippen LogP contribution in [0.15, 0.2) is 4.63 Å². The summed E-state index contributed by atoms with van der Waals surface area (Å²) >= 11 is 0. The average molecular weight is 320 g/mol. The number of aromatic nitrogens is 2. The molecule has 2 fully saturated rings. The molecule has 0 bridgehead atoms. The molecule has 2 amide bonds. The largest absolute Gasteiger partial charge is 0.342 e. The third kappa shape index (κ3) is 3.38. The molecule has 0 aromatic carbocycles. The third-order valence-electron chi connectivity index (χ3n) is 5.14. The highest BCUT2D eigenvalue weighted by Gasteiger charge is 2.37. The number of piperidine rings is 1. The average Bonchev–Trinajstić information content (AvgIpc) is 2.81. The zero-order chi connectivity index (χ0) is 16.4. The van der Waals surface area contributed by atoms with Gasteiger partial charge >= 0.3 is 0 Å². The molecule has 0 unspecified atom stereocenters. The van der Waals surface area contributed by atoms with Gasteiger partial charge in [0.25, 0.3) is 0 Å². The highest BCUT2D eigenvalue weighted by Crippen LogP contribution is 2.30. The molecule has 2 saturated heterocycles. The van der Waals surface area contributed by atoms with Gasteiger partial charge < -0.3 is 9.80 Å². The number of nitrogens with zero attached hydrogens (tertiary/aromatic N) is 4. The van der Waals surface area contributed by atoms with E-state index in [4.69, 9.17) is 0 Å². The Hall–Kier alpha value is -1.92. The second-order valence-electron chi connectivity index (χ2n) is 6.64. The molecule has 1 aromatic heterocycles. The van der Waals surface area contributed by atoms with Crippen LogP contribution in [0.4, 0.5) is 0 Å². The molecule has 7 nitrogen and oxygen atoms in total. The lowest BCUT2D eigenvalue weighted by Crippen LogP contribution is -2.53. The summed E-state index contributed by atoms with van der Waals surface area (Å²) in [6.45, 7) is 5.74. The first kappa shape index (κ1) is 16.0. The number of hydrogen-bond donors (Lipinski definition) is 0. The Bertz CT molecular complexity index is 586. The van der Waals surface area contributed by atoms with E-state index in [1.54, 1.807) is 13.8 Å². The first-order valence-corrected chi connectivity index (χ1v) is 8.39. The molecule has 2 aliphatic rings. The second-order valence-corrected chi connectivity index (χ2v) is 6.64. The molecule has 0 saturated carbocycles. The maximum absolute atomic E-state index is 12.5. The summed E-state index contributed by atoms with van der Waals surface area (Å²) < 4.78 is 4.66. The number of aryl methyl sites for hydroxylation is 1. The zero-order valence-electron chi connectivity index (χ0n) is 13.8. The fraction of sp³-hybridized carbons (Fsp3) is 0.750. The van der Waals surface area contributed by atoms with Crippen molar-refractivity contribution in [3.8, 4) is 0 Å². The SMILES string of the molecule is CC(=O)N1CCCC[C@H]2CN(C(=O)Cc3nonc3C)CC[C@H]21. The van der Waals surface area contributed by atoms with E-state index in [2.05, 4.69) is 14.9 Å². The van der Waals surface area contributed by atoms with Gasteiger partial charge in [0.05, 0.1) is 6.42 Å². The summed E-state index contributed by atoms with van der Waals surface area (Å²) in [4.78, 5) is 28.4. The molecule has 2 atom stereocenters. The first-order valence-electron chi connectivity index (χ1n) is 8.39. The second kappa shape index (κ2) is 6.68. The van der Waals surface area contributed by atoms with Crippen LogP contribution in [0.2, 0.25) is 0 Å². The summed E-state index contributed by atoms with van der Waals surface area (Å²) in [7, 11) is 0. The van der Waals surface area contributed by atoms with Crippen LogP contribution in [0, 0.1) is 12.8 Å². The fourth-order valence-electron chi connectivity index (χ4n) is 3.85. The minimum atomic E-state index is 0.0703. The van der Waals surface area contributed by atoms with Gasteiger partial charge in [-0.05, 0) is 32.1 Å². The molecule has 126 valence electrons. The minimum Gasteiger partial charge on any atom is -0.342 e. The van der Waals surface area contributed by atoms with Crippen LogP contribution in [-0.2, 0) is 16.0 Å². The summed E-state index contributed by atoms with van der Waals surface area (Å²) in [6, 6.07) is 0.287. The van der Waals surface area contributed by atoms with Crippen LogP contribution in [0.25, 0.3) is 0 Å². The number of hydrogen-bond acceptors (Lipinski definition) is 5. The van der Waals surface area contributed by atoms with Crippen molar-refractivity contribution in [3.05, 3.63) is 11.4 Å². The molecule has 7 heteroatoms. The zero-order valence-corrected chi connectivity index (χ0v) is 13.8. The standard InChI is InChI=1S/C16H24N4O3/c1-11-14(18-23-17-11)9-16(22)19-8-6-15-13(10-19)5-3-4-7-20(15)12(2)21/h13,15H,3-10H2,1-2H3/t13-,15+/m0/s1. The van der Waals surface area contributed by atoms with E-state index in [0.717, 1.165) is 38.8 Å². The number of carbonyl (C=O) groups is 2. The molecule has 3 heterocycles. The van der Waals surface area contributed by atoms with E-state index in [9.17, 15) is 9.59 Å². The van der Waals surface area contributed by atoms with Gasteiger partial charge in [-0.3, -0.25) is 9.59 Å². The van der Waals surface area contributed by atoms with E-state index in [0.29, 0.717) is 23.9 Å². The van der Waals surface area contributed by atoms with Gasteiger partial charge in [-0.2, -0.15) is 0 Å². The van der Waals surface area contributed by atoms with Crippen molar-refractivity contribution in [1.29, 1.82) is 0 Å². The quantitative estimate of drug-likeness (QED) is 0.817. The Morgan fingerprint density at radius 1 is 1.22 bits per heavy atom. The van der Waals surface area contributed by atoms with Gasteiger partial charge in [-0.1, -0.05) is 16.7 Å². The fourth-order valence-corrected chi connectivity index (χ4v) is 3.85. The van der Waals surface area contributed by atoms with Crippen LogP contribution in [-0.4, -0.2) is 57.6 Å². The highest BCUT2D eigenvalue weighted by molar-refractivity contribution is 5.78. The van der Waals surface area contributed by atoms with Gasteiger partial charge in [0.1, 0.15) is 11.4 Å². The van der Waals surface area contributed by atoms with Gasteiger partial charge in [-0.25, -0.2) is 4.63 Å². The van der Waals surface area contributed by atoms with Gasteiger partial charge in [0.15, 0.2) is 0 Å². The van der Waals surface area contributed by atoms with E-state index >= 15 is 0 Å². The maximum Gasteiger partial charge on any atom is 0.228 e. The van der Waals surface area contributed by atoms with E-state index < -0.39 is 0 Å². The Morgan fingerprint density at radius 2 is 2.04 bits per heavy atom. The molecular formula is C16H24N4O3. The normalized spacial score (nSPS) is 25.0. The third-order valence-corrected chi connectivity index (χ3v) is 5.14. The van der Waals surface area contributed by atoms with E-state index in [1.807, 2.05) is 9.80 Å². The van der Waals surface area contributed by atoms with Crippen LogP contribution >= 0.6 is 0 Å². The maximum atomic E-state index is 12.5. The monoisotopic (exact) mass is 320 g/mol. The Balaban J connectivity index is 1.65. The smallest absolute Gasteiger partial charge is 0.228 e. The molecular weight excluding hydrogens is 296 g/mol. The van der Waals surface area contributed by atoms with E-state index in [-0.39, 0.29) is 24.3 Å². The number of rotatable bonds is 2. The van der Waals surface area contributed by atoms with Crippen LogP contribution in [0.3, 0.4) is 0 Å². The van der Waals surface area contributed by atoms with Crippen molar-refractivity contribution in [2.45, 2.75) is 52.0 Å². The molecule has 3 rings (SSSR count). The molecule has 1 aromatic rings. The predicted octanol–water partition coefficient (Wildman–Crippen LogP) is 1.17. The van der Waals surface area contributed by atoms with Crippen molar-refractivity contribution in [2.75, 3.05) is 19.6 Å². The van der Waals surface area contributed by atoms with Crippen molar-refractivity contribution in [2.24, 2.45) is 5.92 Å². The molecule has 0 aliphatic carbocycles. The van der Waals surface area contributed by atoms with Crippen molar-refractivity contribution in [3.63, 3.8) is 0 Å². The topological polar surface area (TPSA) is 79.5 Å². The van der Waals surface area contributed by atoms with Crippen molar-refractivity contribution < 1.29 is 14.2 Å². The molecule has 23 heavy (non-hydrogen) atoms. The van der Waals surface area contributed by atoms with E-state index in [1.165, 1.54) is 0 Å². The minimum absolute atomic E-state index is 0.0703. The van der Waals surface area contributed by atoms with Crippen molar-refractivity contribution in [1.82, 2.24) is 20.1 Å². The lowest BCUT2D eigenvalue weighted by atomic mass is 9.88. The summed E-state index contributed by atoms with van der Waals surface area (Å²) in [5.41, 5.74) is 1.29. The number of carbonyl (C=O) groups excluding carboxylic acids is 2. The lowest BCUT2D eigenvalue weighted by molar-refractivity contribution is -0.137.